The molecule has 0 radical (unpaired) electrons. The summed E-state index contributed by atoms with van der Waals surface area (Å²) in [5.74, 6) is 0.606. The molecule has 1 N–H and O–H groups in total. The van der Waals surface area contributed by atoms with Gasteiger partial charge in [-0.25, -0.2) is 4.79 Å². The number of carbonyl (C=O) groups excluding carboxylic acids is 2. The highest BCUT2D eigenvalue weighted by Gasteiger charge is 2.20. The van der Waals surface area contributed by atoms with Crippen molar-refractivity contribution in [2.45, 2.75) is 13.3 Å². The number of fused-ring (bicyclic) bond motifs is 1. The number of amides is 2. The maximum Gasteiger partial charge on any atom is 0.411 e. The summed E-state index contributed by atoms with van der Waals surface area (Å²) in [5, 5.41) is 2.59. The lowest BCUT2D eigenvalue weighted by Crippen LogP contribution is -2.25. The highest BCUT2D eigenvalue weighted by atomic mass is 16.5. The van der Waals surface area contributed by atoms with Crippen molar-refractivity contribution in [2.75, 3.05) is 30.5 Å². The van der Waals surface area contributed by atoms with Gasteiger partial charge in [-0.05, 0) is 25.1 Å². The van der Waals surface area contributed by atoms with Crippen LogP contribution in [0.2, 0.25) is 0 Å². The van der Waals surface area contributed by atoms with Crippen LogP contribution in [0.1, 0.15) is 13.3 Å². The van der Waals surface area contributed by atoms with Gasteiger partial charge in [0.2, 0.25) is 5.91 Å². The topological polar surface area (TPSA) is 67.9 Å². The van der Waals surface area contributed by atoms with Crippen molar-refractivity contribution in [3.05, 3.63) is 18.2 Å². The van der Waals surface area contributed by atoms with E-state index in [1.165, 1.54) is 4.90 Å². The van der Waals surface area contributed by atoms with Gasteiger partial charge in [0.25, 0.3) is 0 Å². The van der Waals surface area contributed by atoms with Crippen LogP contribution in [-0.2, 0) is 9.53 Å². The first kappa shape index (κ1) is 13.2. The summed E-state index contributed by atoms with van der Waals surface area (Å²) >= 11 is 0. The van der Waals surface area contributed by atoms with Crippen LogP contribution in [0.4, 0.5) is 16.2 Å². The van der Waals surface area contributed by atoms with Crippen LogP contribution in [0.5, 0.6) is 5.75 Å². The van der Waals surface area contributed by atoms with Crippen molar-refractivity contribution in [2.24, 2.45) is 0 Å². The van der Waals surface area contributed by atoms with Gasteiger partial charge in [0.05, 0.1) is 25.3 Å². The minimum atomic E-state index is -0.522. The smallest absolute Gasteiger partial charge is 0.411 e. The van der Waals surface area contributed by atoms with Crippen molar-refractivity contribution in [1.29, 1.82) is 0 Å². The van der Waals surface area contributed by atoms with E-state index in [1.54, 1.807) is 32.2 Å². The van der Waals surface area contributed by atoms with Gasteiger partial charge >= 0.3 is 6.09 Å². The molecule has 0 aliphatic carbocycles. The van der Waals surface area contributed by atoms with E-state index in [1.807, 2.05) is 0 Å². The van der Waals surface area contributed by atoms with Gasteiger partial charge in [-0.2, -0.15) is 0 Å². The second-order valence-electron chi connectivity index (χ2n) is 4.08. The number of ether oxygens (including phenoxy) is 2. The van der Waals surface area contributed by atoms with Gasteiger partial charge < -0.3 is 14.4 Å². The largest absolute Gasteiger partial charge is 0.491 e. The lowest BCUT2D eigenvalue weighted by atomic mass is 10.2. The van der Waals surface area contributed by atoms with E-state index < -0.39 is 6.09 Å². The van der Waals surface area contributed by atoms with Gasteiger partial charge in [-0.15, -0.1) is 0 Å². The van der Waals surface area contributed by atoms with Gasteiger partial charge in [0, 0.05) is 12.7 Å². The maximum atomic E-state index is 11.7. The molecular formula is C13H16N2O4. The lowest BCUT2D eigenvalue weighted by Gasteiger charge is -2.17. The SMILES string of the molecule is CCOC(=O)Nc1ccc2c(c1)N(C)C(=O)CCO2. The monoisotopic (exact) mass is 264 g/mol. The van der Waals surface area contributed by atoms with Gasteiger partial charge in [0.15, 0.2) is 0 Å². The molecule has 0 spiro atoms. The Hall–Kier alpha value is -2.24. The fourth-order valence-corrected chi connectivity index (χ4v) is 1.81. The molecule has 0 bridgehead atoms. The predicted octanol–water partition coefficient (Wildman–Crippen LogP) is 2.00. The Morgan fingerprint density at radius 3 is 3.05 bits per heavy atom. The minimum Gasteiger partial charge on any atom is -0.491 e. The molecule has 0 aromatic heterocycles. The molecule has 0 atom stereocenters. The van der Waals surface area contributed by atoms with Crippen LogP contribution in [0.15, 0.2) is 18.2 Å². The standard InChI is InChI=1S/C13H16N2O4/c1-3-18-13(17)14-9-4-5-11-10(8-9)15(2)12(16)6-7-19-11/h4-5,8H,3,6-7H2,1-2H3,(H,14,17). The zero-order valence-electron chi connectivity index (χ0n) is 10.9. The summed E-state index contributed by atoms with van der Waals surface area (Å²) in [4.78, 5) is 24.6. The van der Waals surface area contributed by atoms with Crippen LogP contribution in [0.25, 0.3) is 0 Å². The van der Waals surface area contributed by atoms with Gasteiger partial charge in [0.1, 0.15) is 5.75 Å². The number of hydrogen-bond acceptors (Lipinski definition) is 4. The summed E-state index contributed by atoms with van der Waals surface area (Å²) in [5.41, 5.74) is 1.19. The van der Waals surface area contributed by atoms with Crippen molar-refractivity contribution in [3.8, 4) is 5.75 Å². The molecule has 102 valence electrons. The average molecular weight is 264 g/mol. The molecule has 19 heavy (non-hydrogen) atoms. The Labute approximate surface area is 111 Å². The van der Waals surface area contributed by atoms with E-state index in [4.69, 9.17) is 9.47 Å². The van der Waals surface area contributed by atoms with E-state index in [0.717, 1.165) is 0 Å². The molecule has 0 saturated carbocycles. The number of nitrogens with zero attached hydrogens (tertiary/aromatic N) is 1. The van der Waals surface area contributed by atoms with Crippen LogP contribution in [0.3, 0.4) is 0 Å². The molecule has 0 saturated heterocycles. The zero-order valence-corrected chi connectivity index (χ0v) is 10.9. The first-order chi connectivity index (χ1) is 9.11. The number of benzene rings is 1. The summed E-state index contributed by atoms with van der Waals surface area (Å²) in [7, 11) is 1.68. The van der Waals surface area contributed by atoms with Crippen LogP contribution in [-0.4, -0.2) is 32.3 Å². The summed E-state index contributed by atoms with van der Waals surface area (Å²) in [6.45, 7) is 2.40. The molecule has 6 heteroatoms. The molecule has 6 nitrogen and oxygen atoms in total. The second kappa shape index (κ2) is 5.60. The first-order valence-corrected chi connectivity index (χ1v) is 6.09. The average Bonchev–Trinajstić information content (AvgIpc) is 2.51. The van der Waals surface area contributed by atoms with Gasteiger partial charge in [-0.1, -0.05) is 0 Å². The maximum absolute atomic E-state index is 11.7. The van der Waals surface area contributed by atoms with E-state index in [9.17, 15) is 9.59 Å². The molecule has 1 aliphatic rings. The van der Waals surface area contributed by atoms with E-state index in [-0.39, 0.29) is 5.91 Å². The van der Waals surface area contributed by atoms with E-state index in [2.05, 4.69) is 5.32 Å². The highest BCUT2D eigenvalue weighted by molar-refractivity contribution is 5.96. The van der Waals surface area contributed by atoms with E-state index >= 15 is 0 Å². The van der Waals surface area contributed by atoms with Crippen molar-refractivity contribution >= 4 is 23.4 Å². The zero-order chi connectivity index (χ0) is 13.8. The third kappa shape index (κ3) is 2.96. The first-order valence-electron chi connectivity index (χ1n) is 6.09. The van der Waals surface area contributed by atoms with Crippen LogP contribution >= 0.6 is 0 Å². The van der Waals surface area contributed by atoms with Crippen molar-refractivity contribution in [3.63, 3.8) is 0 Å². The summed E-state index contributed by atoms with van der Waals surface area (Å²) in [6, 6.07) is 5.13. The highest BCUT2D eigenvalue weighted by Crippen LogP contribution is 2.33. The minimum absolute atomic E-state index is 0.0213. The lowest BCUT2D eigenvalue weighted by molar-refractivity contribution is -0.118. The Morgan fingerprint density at radius 1 is 1.53 bits per heavy atom. The van der Waals surface area contributed by atoms with Crippen LogP contribution in [0, 0.1) is 0 Å². The van der Waals surface area contributed by atoms with Crippen molar-refractivity contribution in [1.82, 2.24) is 0 Å². The molecule has 1 aliphatic heterocycles. The summed E-state index contributed by atoms with van der Waals surface area (Å²) < 4.78 is 10.3. The fourth-order valence-electron chi connectivity index (χ4n) is 1.81. The number of carbonyl (C=O) groups is 2. The fraction of sp³-hybridized carbons (Fsp3) is 0.385. The molecule has 1 aromatic carbocycles. The van der Waals surface area contributed by atoms with E-state index in [0.29, 0.717) is 36.8 Å². The Kier molecular flexibility index (Phi) is 3.89. The Balaban J connectivity index is 2.24. The number of anilines is 2. The molecule has 1 aromatic rings. The molecular weight excluding hydrogens is 248 g/mol. The molecule has 2 rings (SSSR count). The predicted molar refractivity (Wildman–Crippen MR) is 70.6 cm³/mol. The Bertz CT molecular complexity index is 501. The number of rotatable bonds is 2. The van der Waals surface area contributed by atoms with Crippen LogP contribution < -0.4 is 15.0 Å². The van der Waals surface area contributed by atoms with Gasteiger partial charge in [-0.3, -0.25) is 10.1 Å². The molecule has 0 fully saturated rings. The molecule has 1 heterocycles. The number of nitrogens with one attached hydrogen (secondary N) is 1. The summed E-state index contributed by atoms with van der Waals surface area (Å²) in [6.07, 6.45) is -0.183. The number of hydrogen-bond donors (Lipinski definition) is 1. The van der Waals surface area contributed by atoms with Crippen molar-refractivity contribution < 1.29 is 19.1 Å². The Morgan fingerprint density at radius 2 is 2.32 bits per heavy atom. The quantitative estimate of drug-likeness (QED) is 0.887. The second-order valence-corrected chi connectivity index (χ2v) is 4.08. The third-order valence-corrected chi connectivity index (χ3v) is 2.79. The normalized spacial score (nSPS) is 14.2. The molecule has 2 amide bonds. The third-order valence-electron chi connectivity index (χ3n) is 2.79. The molecule has 0 unspecified atom stereocenters.